The summed E-state index contributed by atoms with van der Waals surface area (Å²) in [6.07, 6.45) is 5.70. The molecule has 0 spiro atoms. The van der Waals surface area contributed by atoms with Crippen LogP contribution in [0, 0.1) is 5.92 Å². The summed E-state index contributed by atoms with van der Waals surface area (Å²) in [6, 6.07) is 0.497. The Bertz CT molecular complexity index is 259. The average Bonchev–Trinajstić information content (AvgIpc) is 2.92. The standard InChI is InChI=1S/C14H26N2O2/c1-2-8-16(10-13-5-3-4-7-15-13)14(17)12-6-9-18-11-12/h12-13,15H,2-11H2,1H3. The van der Waals surface area contributed by atoms with E-state index in [1.165, 1.54) is 19.3 Å². The van der Waals surface area contributed by atoms with E-state index in [1.54, 1.807) is 0 Å². The van der Waals surface area contributed by atoms with Gasteiger partial charge in [-0.3, -0.25) is 4.79 Å². The second-order valence-electron chi connectivity index (χ2n) is 5.49. The van der Waals surface area contributed by atoms with Gasteiger partial charge in [0, 0.05) is 25.7 Å². The van der Waals surface area contributed by atoms with Crippen molar-refractivity contribution in [3.63, 3.8) is 0 Å². The first kappa shape index (κ1) is 13.8. The van der Waals surface area contributed by atoms with E-state index < -0.39 is 0 Å². The molecule has 0 aliphatic carbocycles. The number of hydrogen-bond donors (Lipinski definition) is 1. The van der Waals surface area contributed by atoms with Crippen molar-refractivity contribution >= 4 is 5.91 Å². The van der Waals surface area contributed by atoms with Crippen molar-refractivity contribution in [2.75, 3.05) is 32.8 Å². The van der Waals surface area contributed by atoms with E-state index in [-0.39, 0.29) is 5.92 Å². The summed E-state index contributed by atoms with van der Waals surface area (Å²) in [5, 5.41) is 3.53. The topological polar surface area (TPSA) is 41.6 Å². The Labute approximate surface area is 110 Å². The summed E-state index contributed by atoms with van der Waals surface area (Å²) in [5.74, 6) is 0.418. The van der Waals surface area contributed by atoms with Crippen molar-refractivity contribution in [2.24, 2.45) is 5.92 Å². The lowest BCUT2D eigenvalue weighted by Crippen LogP contribution is -2.47. The fourth-order valence-electron chi connectivity index (χ4n) is 2.89. The lowest BCUT2D eigenvalue weighted by molar-refractivity contribution is -0.136. The van der Waals surface area contributed by atoms with Crippen molar-refractivity contribution in [2.45, 2.75) is 45.1 Å². The minimum atomic E-state index is 0.111. The molecule has 0 aromatic carbocycles. The third kappa shape index (κ3) is 3.69. The van der Waals surface area contributed by atoms with Crippen LogP contribution in [0.1, 0.15) is 39.0 Å². The van der Waals surface area contributed by atoms with Crippen LogP contribution in [0.15, 0.2) is 0 Å². The summed E-state index contributed by atoms with van der Waals surface area (Å²) >= 11 is 0. The number of amides is 1. The monoisotopic (exact) mass is 254 g/mol. The normalized spacial score (nSPS) is 28.3. The first-order valence-corrected chi connectivity index (χ1v) is 7.41. The minimum absolute atomic E-state index is 0.111. The van der Waals surface area contributed by atoms with Crippen LogP contribution in [-0.2, 0) is 9.53 Å². The van der Waals surface area contributed by atoms with Gasteiger partial charge in [-0.25, -0.2) is 0 Å². The molecule has 2 rings (SSSR count). The zero-order chi connectivity index (χ0) is 12.8. The van der Waals surface area contributed by atoms with Crippen LogP contribution in [0.5, 0.6) is 0 Å². The van der Waals surface area contributed by atoms with Gasteiger partial charge in [-0.2, -0.15) is 0 Å². The van der Waals surface area contributed by atoms with Crippen LogP contribution in [0.3, 0.4) is 0 Å². The first-order chi connectivity index (χ1) is 8.81. The molecule has 2 heterocycles. The number of nitrogens with one attached hydrogen (secondary N) is 1. The van der Waals surface area contributed by atoms with Crippen LogP contribution in [-0.4, -0.2) is 49.7 Å². The van der Waals surface area contributed by atoms with Gasteiger partial charge in [0.15, 0.2) is 0 Å². The molecule has 0 bridgehead atoms. The molecule has 1 N–H and O–H groups in total. The van der Waals surface area contributed by atoms with Crippen LogP contribution in [0.25, 0.3) is 0 Å². The van der Waals surface area contributed by atoms with Gasteiger partial charge in [0.05, 0.1) is 12.5 Å². The average molecular weight is 254 g/mol. The highest BCUT2D eigenvalue weighted by Gasteiger charge is 2.29. The summed E-state index contributed by atoms with van der Waals surface area (Å²) in [5.41, 5.74) is 0. The Morgan fingerprint density at radius 3 is 2.89 bits per heavy atom. The molecule has 0 aromatic rings. The smallest absolute Gasteiger partial charge is 0.228 e. The van der Waals surface area contributed by atoms with Crippen LogP contribution in [0.4, 0.5) is 0 Å². The molecule has 104 valence electrons. The molecule has 18 heavy (non-hydrogen) atoms. The maximum absolute atomic E-state index is 12.4. The molecule has 4 heteroatoms. The van der Waals surface area contributed by atoms with Crippen molar-refractivity contribution in [1.29, 1.82) is 0 Å². The van der Waals surface area contributed by atoms with Crippen LogP contribution < -0.4 is 5.32 Å². The molecule has 2 unspecified atom stereocenters. The Morgan fingerprint density at radius 2 is 2.28 bits per heavy atom. The lowest BCUT2D eigenvalue weighted by atomic mass is 10.0. The number of ether oxygens (including phenoxy) is 1. The number of rotatable bonds is 5. The highest BCUT2D eigenvalue weighted by molar-refractivity contribution is 5.79. The molecule has 2 fully saturated rings. The molecule has 4 nitrogen and oxygen atoms in total. The molecular formula is C14H26N2O2. The maximum Gasteiger partial charge on any atom is 0.228 e. The number of piperidine rings is 1. The summed E-state index contributed by atoms with van der Waals surface area (Å²) in [7, 11) is 0. The predicted octanol–water partition coefficient (Wildman–Crippen LogP) is 1.40. The summed E-state index contributed by atoms with van der Waals surface area (Å²) in [4.78, 5) is 14.5. The number of carbonyl (C=O) groups excluding carboxylic acids is 1. The van der Waals surface area contributed by atoms with E-state index in [0.29, 0.717) is 18.6 Å². The highest BCUT2D eigenvalue weighted by Crippen LogP contribution is 2.17. The SMILES string of the molecule is CCCN(CC1CCCCN1)C(=O)C1CCOC1. The third-order valence-corrected chi connectivity index (χ3v) is 3.94. The number of hydrogen-bond acceptors (Lipinski definition) is 3. The second kappa shape index (κ2) is 7.10. The summed E-state index contributed by atoms with van der Waals surface area (Å²) < 4.78 is 5.33. The van der Waals surface area contributed by atoms with E-state index in [2.05, 4.69) is 17.1 Å². The molecule has 2 atom stereocenters. The van der Waals surface area contributed by atoms with Crippen LogP contribution >= 0.6 is 0 Å². The van der Waals surface area contributed by atoms with Gasteiger partial charge in [-0.1, -0.05) is 13.3 Å². The van der Waals surface area contributed by atoms with Crippen LogP contribution in [0.2, 0.25) is 0 Å². The third-order valence-electron chi connectivity index (χ3n) is 3.94. The Balaban J connectivity index is 1.87. The molecule has 1 amide bonds. The van der Waals surface area contributed by atoms with Gasteiger partial charge >= 0.3 is 0 Å². The van der Waals surface area contributed by atoms with Gasteiger partial charge in [0.25, 0.3) is 0 Å². The molecule has 0 aromatic heterocycles. The number of carbonyl (C=O) groups is 1. The van der Waals surface area contributed by atoms with E-state index in [9.17, 15) is 4.79 Å². The Hall–Kier alpha value is -0.610. The van der Waals surface area contributed by atoms with E-state index in [0.717, 1.165) is 39.1 Å². The van der Waals surface area contributed by atoms with Crippen molar-refractivity contribution < 1.29 is 9.53 Å². The van der Waals surface area contributed by atoms with Crippen molar-refractivity contribution in [1.82, 2.24) is 10.2 Å². The van der Waals surface area contributed by atoms with E-state index >= 15 is 0 Å². The molecular weight excluding hydrogens is 228 g/mol. The lowest BCUT2D eigenvalue weighted by Gasteiger charge is -2.31. The maximum atomic E-state index is 12.4. The van der Waals surface area contributed by atoms with Crippen molar-refractivity contribution in [3.8, 4) is 0 Å². The molecule has 2 aliphatic rings. The first-order valence-electron chi connectivity index (χ1n) is 7.41. The highest BCUT2D eigenvalue weighted by atomic mass is 16.5. The zero-order valence-electron chi connectivity index (χ0n) is 11.5. The quantitative estimate of drug-likeness (QED) is 0.806. The molecule has 0 saturated carbocycles. The fourth-order valence-corrected chi connectivity index (χ4v) is 2.89. The van der Waals surface area contributed by atoms with Gasteiger partial charge < -0.3 is 15.0 Å². The predicted molar refractivity (Wildman–Crippen MR) is 71.4 cm³/mol. The zero-order valence-corrected chi connectivity index (χ0v) is 11.5. The number of nitrogens with zero attached hydrogens (tertiary/aromatic N) is 1. The van der Waals surface area contributed by atoms with Crippen molar-refractivity contribution in [3.05, 3.63) is 0 Å². The van der Waals surface area contributed by atoms with E-state index in [1.807, 2.05) is 0 Å². The second-order valence-corrected chi connectivity index (χ2v) is 5.49. The molecule has 2 aliphatic heterocycles. The van der Waals surface area contributed by atoms with Gasteiger partial charge in [-0.05, 0) is 32.2 Å². The summed E-state index contributed by atoms with van der Waals surface area (Å²) in [6.45, 7) is 6.37. The molecule has 0 radical (unpaired) electrons. The van der Waals surface area contributed by atoms with E-state index in [4.69, 9.17) is 4.74 Å². The van der Waals surface area contributed by atoms with Gasteiger partial charge in [-0.15, -0.1) is 0 Å². The van der Waals surface area contributed by atoms with Gasteiger partial charge in [0.1, 0.15) is 0 Å². The minimum Gasteiger partial charge on any atom is -0.381 e. The Morgan fingerprint density at radius 1 is 1.39 bits per heavy atom. The largest absolute Gasteiger partial charge is 0.381 e. The Kier molecular flexibility index (Phi) is 5.45. The fraction of sp³-hybridized carbons (Fsp3) is 0.929. The van der Waals surface area contributed by atoms with Gasteiger partial charge in [0.2, 0.25) is 5.91 Å². The molecule has 2 saturated heterocycles.